The minimum absolute atomic E-state index is 0.0153. The number of thiol groups is 1. The average Bonchev–Trinajstić information content (AvgIpc) is 3.33. The van der Waals surface area contributed by atoms with E-state index in [0.29, 0.717) is 50.8 Å². The van der Waals surface area contributed by atoms with E-state index in [2.05, 4.69) is 23.3 Å². The fourth-order valence-electron chi connectivity index (χ4n) is 3.95. The van der Waals surface area contributed by atoms with Crippen LogP contribution < -0.4 is 22.1 Å². The Bertz CT molecular complexity index is 884. The number of nitrogens with two attached hydrogens (primary N) is 2. The summed E-state index contributed by atoms with van der Waals surface area (Å²) in [5.41, 5.74) is 11.9. The van der Waals surface area contributed by atoms with Crippen LogP contribution >= 0.6 is 12.6 Å². The molecule has 0 aliphatic carbocycles. The fourth-order valence-corrected chi connectivity index (χ4v) is 4.12. The summed E-state index contributed by atoms with van der Waals surface area (Å²) >= 11 is 4.02. The second-order valence-electron chi connectivity index (χ2n) is 8.59. The maximum Gasteiger partial charge on any atom is 0.326 e. The van der Waals surface area contributed by atoms with E-state index < -0.39 is 47.9 Å². The lowest BCUT2D eigenvalue weighted by Crippen LogP contribution is -2.57. The Labute approximate surface area is 210 Å². The Morgan fingerprint density at radius 2 is 1.80 bits per heavy atom. The molecule has 1 heterocycles. The number of phenols is 1. The van der Waals surface area contributed by atoms with Crippen molar-refractivity contribution in [1.82, 2.24) is 15.5 Å². The first kappa shape index (κ1) is 28.4. The molecule has 3 amide bonds. The van der Waals surface area contributed by atoms with Crippen molar-refractivity contribution in [3.05, 3.63) is 29.8 Å². The molecule has 194 valence electrons. The largest absolute Gasteiger partial charge is 0.508 e. The quantitative estimate of drug-likeness (QED) is 0.135. The molecule has 35 heavy (non-hydrogen) atoms. The van der Waals surface area contributed by atoms with Gasteiger partial charge in [0.25, 0.3) is 0 Å². The lowest BCUT2D eigenvalue weighted by Gasteiger charge is -2.30. The number of carbonyl (C=O) groups is 4. The molecule has 11 nitrogen and oxygen atoms in total. The molecule has 8 N–H and O–H groups in total. The number of nitrogens with zero attached hydrogens (tertiary/aromatic N) is 1. The summed E-state index contributed by atoms with van der Waals surface area (Å²) in [4.78, 5) is 51.9. The van der Waals surface area contributed by atoms with E-state index in [1.807, 2.05) is 0 Å². The van der Waals surface area contributed by atoms with Crippen LogP contribution in [0.25, 0.3) is 0 Å². The lowest BCUT2D eigenvalue weighted by atomic mass is 10.0. The highest BCUT2D eigenvalue weighted by molar-refractivity contribution is 7.80. The number of hydrogen-bond donors (Lipinski definition) is 7. The number of amides is 3. The molecule has 1 aromatic rings. The number of aliphatic carboxylic acids is 1. The minimum atomic E-state index is -1.21. The van der Waals surface area contributed by atoms with Gasteiger partial charge in [0, 0.05) is 18.7 Å². The highest BCUT2D eigenvalue weighted by Gasteiger charge is 2.39. The minimum Gasteiger partial charge on any atom is -0.508 e. The molecular weight excluding hydrogens is 474 g/mol. The van der Waals surface area contributed by atoms with Gasteiger partial charge < -0.3 is 37.2 Å². The van der Waals surface area contributed by atoms with Crippen molar-refractivity contribution < 1.29 is 29.4 Å². The van der Waals surface area contributed by atoms with Crippen molar-refractivity contribution in [1.29, 1.82) is 0 Å². The van der Waals surface area contributed by atoms with Crippen molar-refractivity contribution in [3.8, 4) is 5.75 Å². The Balaban J connectivity index is 2.11. The molecule has 1 fully saturated rings. The van der Waals surface area contributed by atoms with Crippen LogP contribution in [0.5, 0.6) is 5.75 Å². The van der Waals surface area contributed by atoms with E-state index in [9.17, 15) is 29.4 Å². The number of unbranched alkanes of at least 4 members (excludes halogenated alkanes) is 1. The van der Waals surface area contributed by atoms with Crippen molar-refractivity contribution in [2.24, 2.45) is 11.5 Å². The van der Waals surface area contributed by atoms with Crippen LogP contribution in [-0.4, -0.2) is 81.8 Å². The number of likely N-dealkylation sites (tertiary alicyclic amines) is 1. The van der Waals surface area contributed by atoms with Crippen LogP contribution in [-0.2, 0) is 25.6 Å². The van der Waals surface area contributed by atoms with Crippen molar-refractivity contribution in [2.75, 3.05) is 18.8 Å². The van der Waals surface area contributed by atoms with Gasteiger partial charge in [0.05, 0.1) is 6.04 Å². The number of nitrogens with one attached hydrogen (secondary N) is 2. The van der Waals surface area contributed by atoms with E-state index in [4.69, 9.17) is 11.5 Å². The van der Waals surface area contributed by atoms with Crippen molar-refractivity contribution >= 4 is 36.3 Å². The summed E-state index contributed by atoms with van der Waals surface area (Å²) in [6.45, 7) is 0.756. The first-order valence-corrected chi connectivity index (χ1v) is 12.3. The van der Waals surface area contributed by atoms with E-state index in [1.54, 1.807) is 12.1 Å². The molecule has 0 saturated carbocycles. The van der Waals surface area contributed by atoms with Gasteiger partial charge in [-0.15, -0.1) is 0 Å². The number of aromatic hydroxyl groups is 1. The van der Waals surface area contributed by atoms with Gasteiger partial charge in [-0.05, 0) is 56.3 Å². The van der Waals surface area contributed by atoms with Gasteiger partial charge in [-0.1, -0.05) is 12.1 Å². The molecule has 0 aromatic heterocycles. The second kappa shape index (κ2) is 13.9. The Hall–Kier alpha value is -2.83. The zero-order valence-electron chi connectivity index (χ0n) is 19.6. The molecule has 4 unspecified atom stereocenters. The lowest BCUT2D eigenvalue weighted by molar-refractivity contribution is -0.145. The molecule has 1 aliphatic heterocycles. The van der Waals surface area contributed by atoms with Crippen LogP contribution in [0.1, 0.15) is 37.7 Å². The summed E-state index contributed by atoms with van der Waals surface area (Å²) in [5.74, 6) is -2.54. The summed E-state index contributed by atoms with van der Waals surface area (Å²) in [5, 5.41) is 24.2. The molecule has 0 radical (unpaired) electrons. The van der Waals surface area contributed by atoms with Gasteiger partial charge in [0.1, 0.15) is 23.9 Å². The normalized spacial score (nSPS) is 17.9. The SMILES string of the molecule is NCCCCC(NC(=O)C(N)CS)C(=O)N1CCCC1C(=O)NC(Cc1ccc(O)cc1)C(=O)O. The van der Waals surface area contributed by atoms with Crippen LogP contribution in [0.3, 0.4) is 0 Å². The second-order valence-corrected chi connectivity index (χ2v) is 8.96. The third-order valence-corrected chi connectivity index (χ3v) is 6.32. The van der Waals surface area contributed by atoms with Crippen LogP contribution in [0.2, 0.25) is 0 Å². The summed E-state index contributed by atoms with van der Waals surface area (Å²) in [7, 11) is 0. The molecule has 0 spiro atoms. The smallest absolute Gasteiger partial charge is 0.326 e. The van der Waals surface area contributed by atoms with Crippen molar-refractivity contribution in [2.45, 2.75) is 62.7 Å². The van der Waals surface area contributed by atoms with E-state index in [0.717, 1.165) is 0 Å². The predicted molar refractivity (Wildman–Crippen MR) is 133 cm³/mol. The van der Waals surface area contributed by atoms with Gasteiger partial charge in [-0.3, -0.25) is 14.4 Å². The summed E-state index contributed by atoms with van der Waals surface area (Å²) < 4.78 is 0. The van der Waals surface area contributed by atoms with Gasteiger partial charge in [-0.25, -0.2) is 4.79 Å². The van der Waals surface area contributed by atoms with Gasteiger partial charge in [-0.2, -0.15) is 12.6 Å². The monoisotopic (exact) mass is 509 g/mol. The Kier molecular flexibility index (Phi) is 11.3. The molecular formula is C23H35N5O6S. The third-order valence-electron chi connectivity index (χ3n) is 5.92. The van der Waals surface area contributed by atoms with E-state index in [1.165, 1.54) is 17.0 Å². The van der Waals surface area contributed by atoms with Gasteiger partial charge in [0.15, 0.2) is 0 Å². The molecule has 1 aromatic carbocycles. The number of phenolic OH excluding ortho intramolecular Hbond substituents is 1. The zero-order valence-corrected chi connectivity index (χ0v) is 20.5. The van der Waals surface area contributed by atoms with Crippen LogP contribution in [0.4, 0.5) is 0 Å². The Morgan fingerprint density at radius 3 is 2.40 bits per heavy atom. The number of carbonyl (C=O) groups excluding carboxylic acids is 3. The Morgan fingerprint density at radius 1 is 1.11 bits per heavy atom. The predicted octanol–water partition coefficient (Wildman–Crippen LogP) is -0.634. The van der Waals surface area contributed by atoms with E-state index >= 15 is 0 Å². The molecule has 0 bridgehead atoms. The number of benzene rings is 1. The number of rotatable bonds is 13. The average molecular weight is 510 g/mol. The number of hydrogen-bond acceptors (Lipinski definition) is 8. The molecule has 12 heteroatoms. The van der Waals surface area contributed by atoms with Crippen molar-refractivity contribution in [3.63, 3.8) is 0 Å². The summed E-state index contributed by atoms with van der Waals surface area (Å²) in [6.07, 6.45) is 2.56. The topological polar surface area (TPSA) is 188 Å². The highest BCUT2D eigenvalue weighted by atomic mass is 32.1. The van der Waals surface area contributed by atoms with Gasteiger partial charge >= 0.3 is 5.97 Å². The maximum atomic E-state index is 13.3. The number of carboxylic acid groups (broad SMARTS) is 1. The first-order valence-electron chi connectivity index (χ1n) is 11.7. The fraction of sp³-hybridized carbons (Fsp3) is 0.565. The standard InChI is InChI=1S/C23H35N5O6S/c24-10-2-1-4-17(26-20(30)16(25)13-35)22(32)28-11-3-5-19(28)21(31)27-18(23(33)34)12-14-6-8-15(29)9-7-14/h6-9,16-19,29,35H,1-5,10-13,24-25H2,(H,26,30)(H,27,31)(H,33,34). The van der Waals surface area contributed by atoms with Crippen LogP contribution in [0, 0.1) is 0 Å². The zero-order chi connectivity index (χ0) is 26.0. The van der Waals surface area contributed by atoms with Gasteiger partial charge in [0.2, 0.25) is 17.7 Å². The summed E-state index contributed by atoms with van der Waals surface area (Å²) in [6, 6.07) is 2.21. The molecule has 4 atom stereocenters. The van der Waals surface area contributed by atoms with Crippen LogP contribution in [0.15, 0.2) is 24.3 Å². The third kappa shape index (κ3) is 8.41. The highest BCUT2D eigenvalue weighted by Crippen LogP contribution is 2.21. The molecule has 2 rings (SSSR count). The number of carboxylic acids is 1. The first-order chi connectivity index (χ1) is 16.7. The maximum absolute atomic E-state index is 13.3. The van der Waals surface area contributed by atoms with E-state index in [-0.39, 0.29) is 17.9 Å². The molecule has 1 saturated heterocycles. The molecule has 1 aliphatic rings.